The molecule has 3 nitrogen and oxygen atoms in total. The highest BCUT2D eigenvalue weighted by Crippen LogP contribution is 2.50. The van der Waals surface area contributed by atoms with Crippen LogP contribution < -0.4 is 5.32 Å². The Morgan fingerprint density at radius 2 is 2.07 bits per heavy atom. The number of halogens is 1. The molecule has 14 heavy (non-hydrogen) atoms. The summed E-state index contributed by atoms with van der Waals surface area (Å²) < 4.78 is 4.84. The molecule has 2 rings (SSSR count). The van der Waals surface area contributed by atoms with E-state index in [4.69, 9.17) is 4.74 Å². The number of hydrogen-bond donors (Lipinski definition) is 1. The highest BCUT2D eigenvalue weighted by molar-refractivity contribution is 9.10. The van der Waals surface area contributed by atoms with Gasteiger partial charge in [0.25, 0.3) is 0 Å². The van der Waals surface area contributed by atoms with Gasteiger partial charge in [-0.15, -0.1) is 0 Å². The molecule has 0 spiro atoms. The smallest absolute Gasteiger partial charge is 0.236 e. The average molecular weight is 262 g/mol. The second-order valence-corrected chi connectivity index (χ2v) is 6.69. The van der Waals surface area contributed by atoms with Crippen molar-refractivity contribution in [3.8, 4) is 0 Å². The molecule has 0 aromatic rings. The summed E-state index contributed by atoms with van der Waals surface area (Å²) in [5.74, 6) is 2.17. The van der Waals surface area contributed by atoms with Crippen LogP contribution in [-0.2, 0) is 9.53 Å². The molecule has 1 heterocycles. The maximum Gasteiger partial charge on any atom is 0.236 e. The van der Waals surface area contributed by atoms with Crippen LogP contribution in [0.2, 0.25) is 0 Å². The number of alkyl halides is 1. The van der Waals surface area contributed by atoms with Crippen molar-refractivity contribution in [2.45, 2.75) is 18.2 Å². The fraction of sp³-hybridized carbons (Fsp3) is 0.900. The molecule has 2 atom stereocenters. The number of carbonyl (C=O) groups is 1. The maximum absolute atomic E-state index is 11.5. The van der Waals surface area contributed by atoms with E-state index in [-0.39, 0.29) is 5.91 Å². The van der Waals surface area contributed by atoms with Gasteiger partial charge in [0.05, 0.1) is 17.5 Å². The normalized spacial score (nSPS) is 35.2. The minimum atomic E-state index is -0.451. The minimum absolute atomic E-state index is 0.0726. The van der Waals surface area contributed by atoms with Gasteiger partial charge in [0, 0.05) is 6.54 Å². The van der Waals surface area contributed by atoms with E-state index in [0.717, 1.165) is 19.8 Å². The Balaban J connectivity index is 1.72. The first-order valence-electron chi connectivity index (χ1n) is 5.05. The third-order valence-electron chi connectivity index (χ3n) is 3.17. The van der Waals surface area contributed by atoms with Crippen LogP contribution in [0.25, 0.3) is 0 Å². The van der Waals surface area contributed by atoms with E-state index >= 15 is 0 Å². The van der Waals surface area contributed by atoms with E-state index in [2.05, 4.69) is 21.2 Å². The molecule has 0 bridgehead atoms. The predicted molar refractivity (Wildman–Crippen MR) is 57.3 cm³/mol. The first-order chi connectivity index (χ1) is 6.50. The predicted octanol–water partition coefficient (Wildman–Crippen LogP) is 1.17. The van der Waals surface area contributed by atoms with Gasteiger partial charge < -0.3 is 10.1 Å². The largest absolute Gasteiger partial charge is 0.381 e. The molecule has 0 radical (unpaired) electrons. The molecule has 2 unspecified atom stereocenters. The number of hydrogen-bond acceptors (Lipinski definition) is 2. The lowest BCUT2D eigenvalue weighted by Gasteiger charge is -2.16. The van der Waals surface area contributed by atoms with E-state index in [1.54, 1.807) is 0 Å². The number of rotatable bonds is 3. The fourth-order valence-corrected chi connectivity index (χ4v) is 2.22. The molecule has 80 valence electrons. The van der Waals surface area contributed by atoms with Gasteiger partial charge in [-0.25, -0.2) is 0 Å². The molecule has 0 aromatic heterocycles. The zero-order valence-corrected chi connectivity index (χ0v) is 10.1. The maximum atomic E-state index is 11.5. The molecule has 2 fully saturated rings. The van der Waals surface area contributed by atoms with E-state index in [1.807, 2.05) is 13.8 Å². The van der Waals surface area contributed by atoms with Gasteiger partial charge in [-0.2, -0.15) is 0 Å². The van der Waals surface area contributed by atoms with Crippen molar-refractivity contribution >= 4 is 21.8 Å². The van der Waals surface area contributed by atoms with Crippen molar-refractivity contribution < 1.29 is 9.53 Å². The summed E-state index contributed by atoms with van der Waals surface area (Å²) in [6, 6.07) is 0. The molecule has 1 aliphatic heterocycles. The number of nitrogens with one attached hydrogen (secondary N) is 1. The molecule has 1 aliphatic carbocycles. The Morgan fingerprint density at radius 1 is 1.50 bits per heavy atom. The van der Waals surface area contributed by atoms with Gasteiger partial charge in [0.1, 0.15) is 0 Å². The van der Waals surface area contributed by atoms with Crippen LogP contribution in [-0.4, -0.2) is 30.0 Å². The summed E-state index contributed by atoms with van der Waals surface area (Å²) in [6.45, 7) is 6.32. The molecule has 4 heteroatoms. The molecule has 1 saturated heterocycles. The summed E-state index contributed by atoms with van der Waals surface area (Å²) in [6.07, 6.45) is 0. The van der Waals surface area contributed by atoms with Crippen molar-refractivity contribution in [3.63, 3.8) is 0 Å². The Hall–Kier alpha value is -0.0900. The van der Waals surface area contributed by atoms with Gasteiger partial charge in [-0.3, -0.25) is 4.79 Å². The standard InChI is InChI=1S/C10H16BrNO2/c1-10(2,11)9(13)12-3-6-7-4-14-5-8(6)7/h6-8H,3-5H2,1-2H3,(H,12,13). The molecular formula is C10H16BrNO2. The quantitative estimate of drug-likeness (QED) is 0.775. The zero-order chi connectivity index (χ0) is 10.3. The Bertz CT molecular complexity index is 239. The average Bonchev–Trinajstić information content (AvgIpc) is 2.56. The number of ether oxygens (including phenoxy) is 1. The van der Waals surface area contributed by atoms with Gasteiger partial charge in [0.15, 0.2) is 0 Å². The summed E-state index contributed by atoms with van der Waals surface area (Å²) in [7, 11) is 0. The highest BCUT2D eigenvalue weighted by atomic mass is 79.9. The van der Waals surface area contributed by atoms with Crippen LogP contribution in [0.15, 0.2) is 0 Å². The molecule has 1 N–H and O–H groups in total. The highest BCUT2D eigenvalue weighted by Gasteiger charge is 2.53. The first kappa shape index (κ1) is 10.4. The summed E-state index contributed by atoms with van der Waals surface area (Å²) in [5, 5.41) is 2.97. The Kier molecular flexibility index (Phi) is 2.60. The van der Waals surface area contributed by atoms with E-state index < -0.39 is 4.32 Å². The van der Waals surface area contributed by atoms with E-state index in [0.29, 0.717) is 17.8 Å². The SMILES string of the molecule is CC(C)(Br)C(=O)NCC1C2COCC12. The van der Waals surface area contributed by atoms with Crippen molar-refractivity contribution in [1.82, 2.24) is 5.32 Å². The molecule has 1 amide bonds. The summed E-state index contributed by atoms with van der Waals surface area (Å²) >= 11 is 3.34. The molecule has 2 aliphatic rings. The molecule has 1 saturated carbocycles. The molecule has 0 aromatic carbocycles. The van der Waals surface area contributed by atoms with Crippen LogP contribution >= 0.6 is 15.9 Å². The van der Waals surface area contributed by atoms with Crippen LogP contribution in [0.4, 0.5) is 0 Å². The second-order valence-electron chi connectivity index (χ2n) is 4.71. The zero-order valence-electron chi connectivity index (χ0n) is 8.55. The van der Waals surface area contributed by atoms with Crippen LogP contribution in [0, 0.1) is 17.8 Å². The van der Waals surface area contributed by atoms with Gasteiger partial charge in [0.2, 0.25) is 5.91 Å². The minimum Gasteiger partial charge on any atom is -0.381 e. The topological polar surface area (TPSA) is 38.3 Å². The first-order valence-corrected chi connectivity index (χ1v) is 5.84. The third kappa shape index (κ3) is 1.96. The van der Waals surface area contributed by atoms with Gasteiger partial charge in [-0.1, -0.05) is 15.9 Å². The van der Waals surface area contributed by atoms with Crippen LogP contribution in [0.5, 0.6) is 0 Å². The van der Waals surface area contributed by atoms with E-state index in [9.17, 15) is 4.79 Å². The lowest BCUT2D eigenvalue weighted by atomic mass is 10.2. The lowest BCUT2D eigenvalue weighted by Crippen LogP contribution is -2.39. The third-order valence-corrected chi connectivity index (χ3v) is 3.53. The Morgan fingerprint density at radius 3 is 2.57 bits per heavy atom. The number of fused-ring (bicyclic) bond motifs is 1. The van der Waals surface area contributed by atoms with Crippen molar-refractivity contribution in [3.05, 3.63) is 0 Å². The van der Waals surface area contributed by atoms with Gasteiger partial charge >= 0.3 is 0 Å². The number of amides is 1. The van der Waals surface area contributed by atoms with Crippen molar-refractivity contribution in [1.29, 1.82) is 0 Å². The van der Waals surface area contributed by atoms with Crippen molar-refractivity contribution in [2.24, 2.45) is 17.8 Å². The van der Waals surface area contributed by atoms with E-state index in [1.165, 1.54) is 0 Å². The van der Waals surface area contributed by atoms with Gasteiger partial charge in [-0.05, 0) is 31.6 Å². The number of carbonyl (C=O) groups excluding carboxylic acids is 1. The summed E-state index contributed by atoms with van der Waals surface area (Å²) in [5.41, 5.74) is 0. The monoisotopic (exact) mass is 261 g/mol. The second kappa shape index (κ2) is 3.49. The summed E-state index contributed by atoms with van der Waals surface area (Å²) in [4.78, 5) is 11.5. The fourth-order valence-electron chi connectivity index (χ4n) is 2.08. The van der Waals surface area contributed by atoms with Crippen molar-refractivity contribution in [2.75, 3.05) is 19.8 Å². The molecular weight excluding hydrogens is 246 g/mol. The van der Waals surface area contributed by atoms with Crippen LogP contribution in [0.1, 0.15) is 13.8 Å². The lowest BCUT2D eigenvalue weighted by molar-refractivity contribution is -0.122. The van der Waals surface area contributed by atoms with Crippen LogP contribution in [0.3, 0.4) is 0 Å². The Labute approximate surface area is 92.7 Å².